The van der Waals surface area contributed by atoms with Crippen molar-refractivity contribution >= 4 is 0 Å². The van der Waals surface area contributed by atoms with E-state index in [0.717, 1.165) is 24.5 Å². The molecule has 1 aliphatic heterocycles. The van der Waals surface area contributed by atoms with E-state index in [9.17, 15) is 0 Å². The lowest BCUT2D eigenvalue weighted by Gasteiger charge is -2.51. The molecule has 1 N–H and O–H groups in total. The van der Waals surface area contributed by atoms with Gasteiger partial charge in [-0.2, -0.15) is 0 Å². The maximum absolute atomic E-state index is 3.73. The molecule has 2 nitrogen and oxygen atoms in total. The monoisotopic (exact) mass is 266 g/mol. The SMILES string of the molecule is CC(C)C1CNC(C)(C)CN1C1CCC(C)(C)CC1. The lowest BCUT2D eigenvalue weighted by atomic mass is 9.74. The summed E-state index contributed by atoms with van der Waals surface area (Å²) in [7, 11) is 0. The average Bonchev–Trinajstić information content (AvgIpc) is 2.27. The second kappa shape index (κ2) is 5.37. The van der Waals surface area contributed by atoms with Gasteiger partial charge in [0.1, 0.15) is 0 Å². The van der Waals surface area contributed by atoms with Gasteiger partial charge in [0.15, 0.2) is 0 Å². The fraction of sp³-hybridized carbons (Fsp3) is 1.00. The lowest BCUT2D eigenvalue weighted by Crippen LogP contribution is -2.65. The van der Waals surface area contributed by atoms with Crippen molar-refractivity contribution in [1.82, 2.24) is 10.2 Å². The molecule has 0 aromatic rings. The summed E-state index contributed by atoms with van der Waals surface area (Å²) in [5.41, 5.74) is 0.853. The molecule has 2 heteroatoms. The average molecular weight is 266 g/mol. The van der Waals surface area contributed by atoms with Crippen LogP contribution in [0.4, 0.5) is 0 Å². The Bertz CT molecular complexity index is 296. The zero-order valence-electron chi connectivity index (χ0n) is 13.9. The molecule has 1 saturated carbocycles. The Hall–Kier alpha value is -0.0800. The molecule has 1 aliphatic carbocycles. The number of hydrogen-bond acceptors (Lipinski definition) is 2. The molecule has 2 aliphatic rings. The summed E-state index contributed by atoms with van der Waals surface area (Å²) in [5, 5.41) is 3.73. The van der Waals surface area contributed by atoms with Crippen LogP contribution in [-0.4, -0.2) is 35.6 Å². The topological polar surface area (TPSA) is 15.3 Å². The van der Waals surface area contributed by atoms with Crippen molar-refractivity contribution in [2.24, 2.45) is 11.3 Å². The highest BCUT2D eigenvalue weighted by atomic mass is 15.3. The highest BCUT2D eigenvalue weighted by molar-refractivity contribution is 4.97. The molecular formula is C17H34N2. The van der Waals surface area contributed by atoms with Crippen LogP contribution in [0.1, 0.15) is 67.2 Å². The summed E-state index contributed by atoms with van der Waals surface area (Å²) in [5.74, 6) is 0.749. The molecule has 1 saturated heterocycles. The molecule has 0 spiro atoms. The first-order valence-corrected chi connectivity index (χ1v) is 8.21. The molecule has 0 radical (unpaired) electrons. The molecule has 0 aromatic carbocycles. The van der Waals surface area contributed by atoms with Crippen molar-refractivity contribution in [3.63, 3.8) is 0 Å². The highest BCUT2D eigenvalue weighted by Gasteiger charge is 2.39. The molecule has 1 heterocycles. The van der Waals surface area contributed by atoms with Crippen molar-refractivity contribution in [1.29, 1.82) is 0 Å². The minimum atomic E-state index is 0.276. The number of piperazine rings is 1. The fourth-order valence-electron chi connectivity index (χ4n) is 3.86. The molecule has 19 heavy (non-hydrogen) atoms. The normalized spacial score (nSPS) is 32.7. The van der Waals surface area contributed by atoms with Crippen LogP contribution >= 0.6 is 0 Å². The van der Waals surface area contributed by atoms with Gasteiger partial charge in [-0.3, -0.25) is 4.90 Å². The second-order valence-corrected chi connectivity index (χ2v) is 8.64. The quantitative estimate of drug-likeness (QED) is 0.820. The van der Waals surface area contributed by atoms with Gasteiger partial charge in [-0.05, 0) is 50.9 Å². The maximum atomic E-state index is 3.73. The lowest BCUT2D eigenvalue weighted by molar-refractivity contribution is 0.00411. The van der Waals surface area contributed by atoms with E-state index in [-0.39, 0.29) is 5.54 Å². The summed E-state index contributed by atoms with van der Waals surface area (Å²) >= 11 is 0. The Labute approximate surface area is 120 Å². The first-order chi connectivity index (χ1) is 8.70. The van der Waals surface area contributed by atoms with E-state index in [4.69, 9.17) is 0 Å². The summed E-state index contributed by atoms with van der Waals surface area (Å²) in [6.45, 7) is 16.7. The Morgan fingerprint density at radius 1 is 1.05 bits per heavy atom. The van der Waals surface area contributed by atoms with Gasteiger partial charge in [0, 0.05) is 30.7 Å². The van der Waals surface area contributed by atoms with Gasteiger partial charge in [0.2, 0.25) is 0 Å². The summed E-state index contributed by atoms with van der Waals surface area (Å²) < 4.78 is 0. The van der Waals surface area contributed by atoms with Crippen LogP contribution in [0.25, 0.3) is 0 Å². The maximum Gasteiger partial charge on any atom is 0.0253 e. The van der Waals surface area contributed by atoms with E-state index < -0.39 is 0 Å². The Morgan fingerprint density at radius 2 is 1.63 bits per heavy atom. The van der Waals surface area contributed by atoms with E-state index in [1.807, 2.05) is 0 Å². The van der Waals surface area contributed by atoms with Gasteiger partial charge >= 0.3 is 0 Å². The third kappa shape index (κ3) is 3.72. The van der Waals surface area contributed by atoms with Crippen molar-refractivity contribution in [3.05, 3.63) is 0 Å². The van der Waals surface area contributed by atoms with E-state index in [0.29, 0.717) is 5.41 Å². The van der Waals surface area contributed by atoms with Crippen molar-refractivity contribution < 1.29 is 0 Å². The summed E-state index contributed by atoms with van der Waals surface area (Å²) in [6, 6.07) is 1.54. The van der Waals surface area contributed by atoms with Crippen LogP contribution in [0, 0.1) is 11.3 Å². The second-order valence-electron chi connectivity index (χ2n) is 8.64. The molecule has 1 unspecified atom stereocenters. The number of nitrogens with one attached hydrogen (secondary N) is 1. The largest absolute Gasteiger partial charge is 0.309 e. The molecule has 1 atom stereocenters. The van der Waals surface area contributed by atoms with Gasteiger partial charge in [0.25, 0.3) is 0 Å². The Morgan fingerprint density at radius 3 is 2.16 bits per heavy atom. The van der Waals surface area contributed by atoms with Gasteiger partial charge in [0.05, 0.1) is 0 Å². The van der Waals surface area contributed by atoms with Gasteiger partial charge in [-0.25, -0.2) is 0 Å². The third-order valence-electron chi connectivity index (χ3n) is 5.34. The van der Waals surface area contributed by atoms with E-state index in [1.165, 1.54) is 32.2 Å². The molecule has 112 valence electrons. The first kappa shape index (κ1) is 15.3. The molecule has 2 rings (SSSR count). The first-order valence-electron chi connectivity index (χ1n) is 8.21. The predicted octanol–water partition coefficient (Wildman–Crippen LogP) is 3.66. The zero-order chi connectivity index (χ0) is 14.3. The minimum Gasteiger partial charge on any atom is -0.309 e. The van der Waals surface area contributed by atoms with E-state index >= 15 is 0 Å². The summed E-state index contributed by atoms with van der Waals surface area (Å²) in [4.78, 5) is 2.84. The van der Waals surface area contributed by atoms with Crippen LogP contribution in [0.15, 0.2) is 0 Å². The standard InChI is InChI=1S/C17H34N2/c1-13(2)15-11-18-17(5,6)12-19(15)14-7-9-16(3,4)10-8-14/h13-15,18H,7-12H2,1-6H3. The van der Waals surface area contributed by atoms with Gasteiger partial charge < -0.3 is 5.32 Å². The molecule has 0 bridgehead atoms. The van der Waals surface area contributed by atoms with Gasteiger partial charge in [-0.1, -0.05) is 27.7 Å². The molecular weight excluding hydrogens is 232 g/mol. The number of nitrogens with zero attached hydrogens (tertiary/aromatic N) is 1. The van der Waals surface area contributed by atoms with Crippen LogP contribution in [0.3, 0.4) is 0 Å². The molecule has 0 amide bonds. The van der Waals surface area contributed by atoms with Crippen LogP contribution < -0.4 is 5.32 Å². The van der Waals surface area contributed by atoms with E-state index in [1.54, 1.807) is 0 Å². The van der Waals surface area contributed by atoms with Crippen LogP contribution in [-0.2, 0) is 0 Å². The van der Waals surface area contributed by atoms with E-state index in [2.05, 4.69) is 51.8 Å². The Kier molecular flexibility index (Phi) is 4.32. The molecule has 0 aromatic heterocycles. The van der Waals surface area contributed by atoms with Gasteiger partial charge in [-0.15, -0.1) is 0 Å². The van der Waals surface area contributed by atoms with Crippen LogP contribution in [0.2, 0.25) is 0 Å². The Balaban J connectivity index is 2.06. The van der Waals surface area contributed by atoms with Crippen molar-refractivity contribution in [2.45, 2.75) is 84.8 Å². The zero-order valence-corrected chi connectivity index (χ0v) is 13.9. The smallest absolute Gasteiger partial charge is 0.0253 e. The van der Waals surface area contributed by atoms with Crippen LogP contribution in [0.5, 0.6) is 0 Å². The third-order valence-corrected chi connectivity index (χ3v) is 5.34. The highest BCUT2D eigenvalue weighted by Crippen LogP contribution is 2.38. The summed E-state index contributed by atoms with van der Waals surface area (Å²) in [6.07, 6.45) is 5.58. The number of rotatable bonds is 2. The van der Waals surface area contributed by atoms with Crippen molar-refractivity contribution in [2.75, 3.05) is 13.1 Å². The predicted molar refractivity (Wildman–Crippen MR) is 83.5 cm³/mol. The fourth-order valence-corrected chi connectivity index (χ4v) is 3.86. The minimum absolute atomic E-state index is 0.276. The number of hydrogen-bond donors (Lipinski definition) is 1. The van der Waals surface area contributed by atoms with Crippen molar-refractivity contribution in [3.8, 4) is 0 Å². The molecule has 2 fully saturated rings.